The number of carbonyl (C=O) groups excluding carboxylic acids is 3. The van der Waals surface area contributed by atoms with Crippen LogP contribution in [0.5, 0.6) is 0 Å². The maximum atomic E-state index is 12.9. The van der Waals surface area contributed by atoms with E-state index >= 15 is 0 Å². The number of nitrogens with zero attached hydrogens (tertiary/aromatic N) is 2. The van der Waals surface area contributed by atoms with Crippen molar-refractivity contribution in [2.24, 2.45) is 0 Å². The second kappa shape index (κ2) is 10.4. The van der Waals surface area contributed by atoms with E-state index in [0.29, 0.717) is 25.7 Å². The van der Waals surface area contributed by atoms with Crippen LogP contribution in [0.2, 0.25) is 0 Å². The van der Waals surface area contributed by atoms with Gasteiger partial charge in [-0.1, -0.05) is 43.5 Å². The molecule has 7 nitrogen and oxygen atoms in total. The molecule has 1 aromatic rings. The molecule has 7 heteroatoms. The highest BCUT2D eigenvalue weighted by atomic mass is 16.2. The quantitative estimate of drug-likeness (QED) is 0.755. The molecule has 3 aliphatic rings. The van der Waals surface area contributed by atoms with Crippen LogP contribution in [0.25, 0.3) is 0 Å². The number of likely N-dealkylation sites (tertiary alicyclic amines) is 1. The van der Waals surface area contributed by atoms with Crippen LogP contribution >= 0.6 is 0 Å². The first-order valence-electron chi connectivity index (χ1n) is 12.2. The van der Waals surface area contributed by atoms with E-state index in [1.165, 1.54) is 24.8 Å². The third-order valence-electron chi connectivity index (χ3n) is 7.28. The van der Waals surface area contributed by atoms with Crippen molar-refractivity contribution < 1.29 is 14.4 Å². The van der Waals surface area contributed by atoms with Gasteiger partial charge in [-0.15, -0.1) is 0 Å². The van der Waals surface area contributed by atoms with Crippen molar-refractivity contribution >= 4 is 17.8 Å². The van der Waals surface area contributed by atoms with Gasteiger partial charge in [-0.2, -0.15) is 0 Å². The molecule has 1 aliphatic carbocycles. The van der Waals surface area contributed by atoms with Gasteiger partial charge in [0.2, 0.25) is 11.8 Å². The Kier molecular flexibility index (Phi) is 7.33. The van der Waals surface area contributed by atoms with Gasteiger partial charge in [0.05, 0.1) is 12.5 Å². The zero-order chi connectivity index (χ0) is 22.5. The first kappa shape index (κ1) is 22.6. The largest absolute Gasteiger partial charge is 0.353 e. The van der Waals surface area contributed by atoms with E-state index in [0.717, 1.165) is 37.7 Å². The van der Waals surface area contributed by atoms with Gasteiger partial charge in [0.25, 0.3) is 0 Å². The Bertz CT molecular complexity index is 828. The van der Waals surface area contributed by atoms with Crippen molar-refractivity contribution in [3.63, 3.8) is 0 Å². The van der Waals surface area contributed by atoms with Gasteiger partial charge in [-0.3, -0.25) is 9.59 Å². The SMILES string of the molecule is CC(=O)N1CCc2ccccc2C1CC(=O)NC1CCN(C(=O)NC2CCCCC2)CC1. The summed E-state index contributed by atoms with van der Waals surface area (Å²) in [6.45, 7) is 3.55. The third-order valence-corrected chi connectivity index (χ3v) is 7.28. The molecule has 4 amide bonds. The summed E-state index contributed by atoms with van der Waals surface area (Å²) in [6, 6.07) is 8.33. The maximum absolute atomic E-state index is 12.9. The molecular formula is C25H36N4O3. The van der Waals surface area contributed by atoms with Crippen LogP contribution in [0, 0.1) is 0 Å². The van der Waals surface area contributed by atoms with Gasteiger partial charge in [0.1, 0.15) is 0 Å². The molecule has 32 heavy (non-hydrogen) atoms. The highest BCUT2D eigenvalue weighted by Crippen LogP contribution is 2.32. The fourth-order valence-electron chi connectivity index (χ4n) is 5.45. The van der Waals surface area contributed by atoms with E-state index in [-0.39, 0.29) is 36.3 Å². The summed E-state index contributed by atoms with van der Waals surface area (Å²) in [4.78, 5) is 41.3. The lowest BCUT2D eigenvalue weighted by Gasteiger charge is -2.37. The summed E-state index contributed by atoms with van der Waals surface area (Å²) in [6.07, 6.45) is 8.47. The van der Waals surface area contributed by atoms with Gasteiger partial charge in [-0.25, -0.2) is 4.79 Å². The lowest BCUT2D eigenvalue weighted by molar-refractivity contribution is -0.133. The summed E-state index contributed by atoms with van der Waals surface area (Å²) in [5.41, 5.74) is 2.30. The van der Waals surface area contributed by atoms with Gasteiger partial charge in [0, 0.05) is 38.6 Å². The number of rotatable bonds is 4. The van der Waals surface area contributed by atoms with Gasteiger partial charge in [-0.05, 0) is 43.2 Å². The zero-order valence-corrected chi connectivity index (χ0v) is 19.1. The molecule has 174 valence electrons. The molecule has 1 atom stereocenters. The smallest absolute Gasteiger partial charge is 0.317 e. The summed E-state index contributed by atoms with van der Waals surface area (Å²) in [7, 11) is 0. The Labute approximate surface area is 190 Å². The number of amides is 4. The first-order chi connectivity index (χ1) is 15.5. The number of benzene rings is 1. The minimum Gasteiger partial charge on any atom is -0.353 e. The molecule has 1 aromatic carbocycles. The first-order valence-corrected chi connectivity index (χ1v) is 12.2. The summed E-state index contributed by atoms with van der Waals surface area (Å²) in [5.74, 6) is -0.0161. The van der Waals surface area contributed by atoms with E-state index in [2.05, 4.69) is 16.7 Å². The lowest BCUT2D eigenvalue weighted by Crippen LogP contribution is -2.51. The summed E-state index contributed by atoms with van der Waals surface area (Å²) < 4.78 is 0. The number of hydrogen-bond donors (Lipinski definition) is 2. The van der Waals surface area contributed by atoms with Crippen LogP contribution in [-0.4, -0.2) is 59.4 Å². The Balaban J connectivity index is 1.27. The molecule has 1 saturated carbocycles. The minimum absolute atomic E-state index is 0.00888. The summed E-state index contributed by atoms with van der Waals surface area (Å²) >= 11 is 0. The molecule has 2 fully saturated rings. The van der Waals surface area contributed by atoms with Crippen molar-refractivity contribution in [3.8, 4) is 0 Å². The molecule has 1 saturated heterocycles. The monoisotopic (exact) mass is 440 g/mol. The van der Waals surface area contributed by atoms with Crippen LogP contribution < -0.4 is 10.6 Å². The van der Waals surface area contributed by atoms with Crippen molar-refractivity contribution in [2.75, 3.05) is 19.6 Å². The Hall–Kier alpha value is -2.57. The van der Waals surface area contributed by atoms with Crippen LogP contribution in [0.4, 0.5) is 4.79 Å². The average Bonchev–Trinajstić information content (AvgIpc) is 2.80. The predicted molar refractivity (Wildman–Crippen MR) is 123 cm³/mol. The standard InChI is InChI=1S/C25H36N4O3/c1-18(30)29-16-11-19-7-5-6-10-22(19)23(29)17-24(31)26-21-12-14-28(15-13-21)25(32)27-20-8-3-2-4-9-20/h5-7,10,20-21,23H,2-4,8-9,11-17H2,1H3,(H,26,31)(H,27,32). The van der Waals surface area contributed by atoms with E-state index in [1.54, 1.807) is 6.92 Å². The van der Waals surface area contributed by atoms with E-state index < -0.39 is 0 Å². The second-order valence-corrected chi connectivity index (χ2v) is 9.49. The summed E-state index contributed by atoms with van der Waals surface area (Å²) in [5, 5.41) is 6.35. The Morgan fingerprint density at radius 1 is 0.906 bits per heavy atom. The predicted octanol–water partition coefficient (Wildman–Crippen LogP) is 3.15. The van der Waals surface area contributed by atoms with Gasteiger partial charge >= 0.3 is 6.03 Å². The molecule has 2 heterocycles. The van der Waals surface area contributed by atoms with E-state index in [4.69, 9.17) is 0 Å². The van der Waals surface area contributed by atoms with Crippen LogP contribution in [0.15, 0.2) is 24.3 Å². The number of piperidine rings is 1. The lowest BCUT2D eigenvalue weighted by atomic mass is 9.90. The Morgan fingerprint density at radius 3 is 2.31 bits per heavy atom. The second-order valence-electron chi connectivity index (χ2n) is 9.49. The number of carbonyl (C=O) groups is 3. The molecule has 0 spiro atoms. The zero-order valence-electron chi connectivity index (χ0n) is 19.1. The topological polar surface area (TPSA) is 81.8 Å². The van der Waals surface area contributed by atoms with Crippen molar-refractivity contribution in [1.29, 1.82) is 0 Å². The van der Waals surface area contributed by atoms with Gasteiger partial charge < -0.3 is 20.4 Å². The molecule has 1 unspecified atom stereocenters. The van der Waals surface area contributed by atoms with Crippen LogP contribution in [-0.2, 0) is 16.0 Å². The van der Waals surface area contributed by atoms with Crippen molar-refractivity contribution in [2.45, 2.75) is 82.8 Å². The normalized spacial score (nSPS) is 22.2. The number of urea groups is 1. The highest BCUT2D eigenvalue weighted by Gasteiger charge is 2.32. The fourth-order valence-corrected chi connectivity index (χ4v) is 5.45. The maximum Gasteiger partial charge on any atom is 0.317 e. The van der Waals surface area contributed by atoms with Crippen LogP contribution in [0.3, 0.4) is 0 Å². The number of nitrogens with one attached hydrogen (secondary N) is 2. The van der Waals surface area contributed by atoms with Crippen molar-refractivity contribution in [3.05, 3.63) is 35.4 Å². The molecule has 0 bridgehead atoms. The van der Waals surface area contributed by atoms with Gasteiger partial charge in [0.15, 0.2) is 0 Å². The number of hydrogen-bond acceptors (Lipinski definition) is 3. The van der Waals surface area contributed by atoms with Crippen molar-refractivity contribution in [1.82, 2.24) is 20.4 Å². The third kappa shape index (κ3) is 5.43. The molecule has 2 N–H and O–H groups in total. The molecule has 4 rings (SSSR count). The Morgan fingerprint density at radius 2 is 1.59 bits per heavy atom. The number of fused-ring (bicyclic) bond motifs is 1. The molecular weight excluding hydrogens is 404 g/mol. The van der Waals surface area contributed by atoms with Crippen LogP contribution in [0.1, 0.15) is 75.5 Å². The molecule has 2 aliphatic heterocycles. The average molecular weight is 441 g/mol. The fraction of sp³-hybridized carbons (Fsp3) is 0.640. The molecule has 0 aromatic heterocycles. The van der Waals surface area contributed by atoms with E-state index in [1.807, 2.05) is 28.0 Å². The highest BCUT2D eigenvalue weighted by molar-refractivity contribution is 5.80. The minimum atomic E-state index is -0.209. The van der Waals surface area contributed by atoms with E-state index in [9.17, 15) is 14.4 Å². The molecule has 0 radical (unpaired) electrons.